The average Bonchev–Trinajstić information content (AvgIpc) is 2.93. The lowest BCUT2D eigenvalue weighted by Gasteiger charge is -2.22. The van der Waals surface area contributed by atoms with E-state index in [9.17, 15) is 4.39 Å². The van der Waals surface area contributed by atoms with Crippen molar-refractivity contribution in [1.29, 1.82) is 0 Å². The topological polar surface area (TPSA) is 28.4 Å². The predicted octanol–water partition coefficient (Wildman–Crippen LogP) is 3.94. The van der Waals surface area contributed by atoms with Gasteiger partial charge in [-0.25, -0.2) is 4.39 Å². The fourth-order valence-electron chi connectivity index (χ4n) is 2.25. The highest BCUT2D eigenvalue weighted by Crippen LogP contribution is 2.21. The molecule has 1 aromatic carbocycles. The Bertz CT molecular complexity index is 553. The quantitative estimate of drug-likeness (QED) is 0.746. The molecule has 0 amide bonds. The molecule has 0 aliphatic heterocycles. The Kier molecular flexibility index (Phi) is 5.81. The molecule has 1 heterocycles. The van der Waals surface area contributed by atoms with Gasteiger partial charge in [0.1, 0.15) is 17.3 Å². The SMILES string of the molecule is CCCNCc1ccc(CN(CC)c2ccccc2F)o1. The average molecular weight is 290 g/mol. The van der Waals surface area contributed by atoms with Gasteiger partial charge < -0.3 is 14.6 Å². The number of para-hydroxylation sites is 1. The fraction of sp³-hybridized carbons (Fsp3) is 0.412. The molecule has 2 rings (SSSR count). The Morgan fingerprint density at radius 1 is 1.10 bits per heavy atom. The normalized spacial score (nSPS) is 10.8. The van der Waals surface area contributed by atoms with Crippen LogP contribution in [0.5, 0.6) is 0 Å². The molecule has 0 radical (unpaired) electrons. The molecule has 1 aromatic heterocycles. The van der Waals surface area contributed by atoms with Gasteiger partial charge in [-0.2, -0.15) is 0 Å². The number of nitrogens with one attached hydrogen (secondary N) is 1. The molecule has 4 heteroatoms. The van der Waals surface area contributed by atoms with Crippen LogP contribution in [0.15, 0.2) is 40.8 Å². The van der Waals surface area contributed by atoms with Crippen LogP contribution in [-0.2, 0) is 13.1 Å². The van der Waals surface area contributed by atoms with Crippen molar-refractivity contribution in [3.63, 3.8) is 0 Å². The minimum atomic E-state index is -0.198. The number of rotatable bonds is 8. The first-order valence-corrected chi connectivity index (χ1v) is 7.52. The molecular formula is C17H23FN2O. The second kappa shape index (κ2) is 7.84. The van der Waals surface area contributed by atoms with Gasteiger partial charge in [0.2, 0.25) is 0 Å². The summed E-state index contributed by atoms with van der Waals surface area (Å²) in [4.78, 5) is 1.97. The Labute approximate surface area is 125 Å². The molecule has 0 aliphatic rings. The molecule has 0 bridgehead atoms. The standard InChI is InChI=1S/C17H23FN2O/c1-3-11-19-12-14-9-10-15(21-14)13-20(4-2)17-8-6-5-7-16(17)18/h5-10,19H,3-4,11-13H2,1-2H3. The summed E-state index contributed by atoms with van der Waals surface area (Å²) in [5, 5.41) is 3.31. The van der Waals surface area contributed by atoms with Gasteiger partial charge in [-0.3, -0.25) is 0 Å². The van der Waals surface area contributed by atoms with Crippen LogP contribution in [-0.4, -0.2) is 13.1 Å². The third-order valence-corrected chi connectivity index (χ3v) is 3.36. The zero-order chi connectivity index (χ0) is 15.1. The highest BCUT2D eigenvalue weighted by Gasteiger charge is 2.12. The first-order valence-electron chi connectivity index (χ1n) is 7.52. The van der Waals surface area contributed by atoms with Crippen LogP contribution in [0.3, 0.4) is 0 Å². The molecule has 0 unspecified atom stereocenters. The number of anilines is 1. The van der Waals surface area contributed by atoms with E-state index in [4.69, 9.17) is 4.42 Å². The summed E-state index contributed by atoms with van der Waals surface area (Å²) in [6.45, 7) is 7.16. The fourth-order valence-corrected chi connectivity index (χ4v) is 2.25. The molecule has 1 N–H and O–H groups in total. The lowest BCUT2D eigenvalue weighted by atomic mass is 10.2. The zero-order valence-corrected chi connectivity index (χ0v) is 12.7. The number of halogens is 1. The van der Waals surface area contributed by atoms with Crippen LogP contribution in [0.25, 0.3) is 0 Å². The third-order valence-electron chi connectivity index (χ3n) is 3.36. The van der Waals surface area contributed by atoms with Gasteiger partial charge in [0.05, 0.1) is 18.8 Å². The Balaban J connectivity index is 2.01. The van der Waals surface area contributed by atoms with E-state index in [2.05, 4.69) is 12.2 Å². The van der Waals surface area contributed by atoms with Crippen LogP contribution in [0.1, 0.15) is 31.8 Å². The number of hydrogen-bond acceptors (Lipinski definition) is 3. The van der Waals surface area contributed by atoms with E-state index in [-0.39, 0.29) is 5.82 Å². The van der Waals surface area contributed by atoms with Gasteiger partial charge >= 0.3 is 0 Å². The molecule has 0 atom stereocenters. The first kappa shape index (κ1) is 15.6. The Hall–Kier alpha value is -1.81. The molecule has 114 valence electrons. The van der Waals surface area contributed by atoms with Crippen molar-refractivity contribution in [2.24, 2.45) is 0 Å². The maximum absolute atomic E-state index is 13.9. The van der Waals surface area contributed by atoms with Crippen LogP contribution in [0.4, 0.5) is 10.1 Å². The van der Waals surface area contributed by atoms with Crippen LogP contribution < -0.4 is 10.2 Å². The Morgan fingerprint density at radius 2 is 1.86 bits per heavy atom. The summed E-state index contributed by atoms with van der Waals surface area (Å²) >= 11 is 0. The Morgan fingerprint density at radius 3 is 2.57 bits per heavy atom. The van der Waals surface area contributed by atoms with Crippen molar-refractivity contribution in [2.45, 2.75) is 33.4 Å². The van der Waals surface area contributed by atoms with E-state index >= 15 is 0 Å². The van der Waals surface area contributed by atoms with Crippen molar-refractivity contribution in [1.82, 2.24) is 5.32 Å². The molecule has 0 saturated heterocycles. The van der Waals surface area contributed by atoms with Crippen molar-refractivity contribution in [3.8, 4) is 0 Å². The molecule has 21 heavy (non-hydrogen) atoms. The summed E-state index contributed by atoms with van der Waals surface area (Å²) in [6.07, 6.45) is 1.10. The van der Waals surface area contributed by atoms with E-state index < -0.39 is 0 Å². The van der Waals surface area contributed by atoms with Gasteiger partial charge in [-0.15, -0.1) is 0 Å². The van der Waals surface area contributed by atoms with Gasteiger partial charge in [-0.05, 0) is 44.2 Å². The van der Waals surface area contributed by atoms with Gasteiger partial charge in [0.25, 0.3) is 0 Å². The number of nitrogens with zero attached hydrogens (tertiary/aromatic N) is 1. The lowest BCUT2D eigenvalue weighted by molar-refractivity contribution is 0.443. The first-order chi connectivity index (χ1) is 10.2. The maximum atomic E-state index is 13.9. The van der Waals surface area contributed by atoms with E-state index in [1.54, 1.807) is 12.1 Å². The summed E-state index contributed by atoms with van der Waals surface area (Å²) in [7, 11) is 0. The minimum absolute atomic E-state index is 0.198. The number of hydrogen-bond donors (Lipinski definition) is 1. The van der Waals surface area contributed by atoms with Gasteiger partial charge in [0.15, 0.2) is 0 Å². The second-order valence-corrected chi connectivity index (χ2v) is 5.01. The largest absolute Gasteiger partial charge is 0.463 e. The van der Waals surface area contributed by atoms with Gasteiger partial charge in [0, 0.05) is 6.54 Å². The highest BCUT2D eigenvalue weighted by atomic mass is 19.1. The van der Waals surface area contributed by atoms with E-state index in [1.165, 1.54) is 6.07 Å². The molecule has 0 saturated carbocycles. The summed E-state index contributed by atoms with van der Waals surface area (Å²) in [6, 6.07) is 10.8. The third kappa shape index (κ3) is 4.33. The van der Waals surface area contributed by atoms with E-state index in [0.717, 1.165) is 37.6 Å². The molecule has 0 spiro atoms. The maximum Gasteiger partial charge on any atom is 0.146 e. The predicted molar refractivity (Wildman–Crippen MR) is 83.8 cm³/mol. The zero-order valence-electron chi connectivity index (χ0n) is 12.7. The molecule has 3 nitrogen and oxygen atoms in total. The minimum Gasteiger partial charge on any atom is -0.463 e. The molecule has 2 aromatic rings. The molecule has 0 aliphatic carbocycles. The van der Waals surface area contributed by atoms with Crippen LogP contribution >= 0.6 is 0 Å². The smallest absolute Gasteiger partial charge is 0.146 e. The number of furan rings is 1. The molecule has 0 fully saturated rings. The van der Waals surface area contributed by atoms with E-state index in [1.807, 2.05) is 30.0 Å². The van der Waals surface area contributed by atoms with Crippen molar-refractivity contribution < 1.29 is 8.81 Å². The highest BCUT2D eigenvalue weighted by molar-refractivity contribution is 5.47. The van der Waals surface area contributed by atoms with Crippen molar-refractivity contribution >= 4 is 5.69 Å². The van der Waals surface area contributed by atoms with Crippen molar-refractivity contribution in [2.75, 3.05) is 18.0 Å². The number of benzene rings is 1. The summed E-state index contributed by atoms with van der Waals surface area (Å²) < 4.78 is 19.7. The summed E-state index contributed by atoms with van der Waals surface area (Å²) in [5.41, 5.74) is 0.613. The van der Waals surface area contributed by atoms with Crippen LogP contribution in [0, 0.1) is 5.82 Å². The monoisotopic (exact) mass is 290 g/mol. The summed E-state index contributed by atoms with van der Waals surface area (Å²) in [5.74, 6) is 1.58. The van der Waals surface area contributed by atoms with Crippen LogP contribution in [0.2, 0.25) is 0 Å². The van der Waals surface area contributed by atoms with E-state index in [0.29, 0.717) is 12.2 Å². The second-order valence-electron chi connectivity index (χ2n) is 5.01. The molecular weight excluding hydrogens is 267 g/mol. The lowest BCUT2D eigenvalue weighted by Crippen LogP contribution is -2.22. The van der Waals surface area contributed by atoms with Gasteiger partial charge in [-0.1, -0.05) is 19.1 Å². The van der Waals surface area contributed by atoms with Crippen molar-refractivity contribution in [3.05, 3.63) is 53.7 Å².